The summed E-state index contributed by atoms with van der Waals surface area (Å²) in [6.45, 7) is 3.25. The van der Waals surface area contributed by atoms with Gasteiger partial charge in [0.1, 0.15) is 6.61 Å². The number of methoxy groups -OCH3 is 1. The summed E-state index contributed by atoms with van der Waals surface area (Å²) in [6, 6.07) is 11.8. The van der Waals surface area contributed by atoms with Crippen LogP contribution in [0.2, 0.25) is 0 Å². The number of ether oxygens (including phenoxy) is 2. The van der Waals surface area contributed by atoms with E-state index in [4.69, 9.17) is 9.47 Å². The Labute approximate surface area is 171 Å². The molecule has 1 aromatic heterocycles. The number of carbonyl (C=O) groups is 2. The van der Waals surface area contributed by atoms with Crippen molar-refractivity contribution in [3.63, 3.8) is 0 Å². The first-order valence-electron chi connectivity index (χ1n) is 9.77. The second-order valence-corrected chi connectivity index (χ2v) is 7.03. The fourth-order valence-electron chi connectivity index (χ4n) is 3.64. The highest BCUT2D eigenvalue weighted by atomic mass is 16.5. The van der Waals surface area contributed by atoms with E-state index in [1.165, 1.54) is 7.11 Å². The summed E-state index contributed by atoms with van der Waals surface area (Å²) in [7, 11) is 1.49. The largest absolute Gasteiger partial charge is 0.375 e. The number of nitrogens with one attached hydrogen (secondary N) is 1. The summed E-state index contributed by atoms with van der Waals surface area (Å²) in [5.74, 6) is -0.360. The van der Waals surface area contributed by atoms with Crippen LogP contribution in [-0.2, 0) is 25.5 Å². The standard InChI is InChI=1S/C22H27N3O4/c1-3-24-21(27)22(16-25(11-12-29-22)20(26)15-28-2)13-17-7-4-5-9-19(17)18-8-6-10-23-14-18/h4-10,14H,3,11-13,15-16H2,1-2H3,(H,24,27)/t22-/m1/s1. The molecular weight excluding hydrogens is 370 g/mol. The lowest BCUT2D eigenvalue weighted by atomic mass is 9.87. The van der Waals surface area contributed by atoms with Crippen LogP contribution in [0.1, 0.15) is 12.5 Å². The molecule has 0 unspecified atom stereocenters. The van der Waals surface area contributed by atoms with Crippen LogP contribution in [0.5, 0.6) is 0 Å². The van der Waals surface area contributed by atoms with Crippen LogP contribution in [-0.4, -0.2) is 67.3 Å². The maximum atomic E-state index is 13.1. The van der Waals surface area contributed by atoms with Gasteiger partial charge in [-0.1, -0.05) is 30.3 Å². The summed E-state index contributed by atoms with van der Waals surface area (Å²) in [5.41, 5.74) is 1.77. The highest BCUT2D eigenvalue weighted by molar-refractivity contribution is 5.88. The summed E-state index contributed by atoms with van der Waals surface area (Å²) in [4.78, 5) is 31.4. The van der Waals surface area contributed by atoms with Crippen molar-refractivity contribution in [2.24, 2.45) is 0 Å². The maximum absolute atomic E-state index is 13.1. The van der Waals surface area contributed by atoms with Crippen molar-refractivity contribution in [2.45, 2.75) is 18.9 Å². The zero-order chi connectivity index (χ0) is 20.7. The molecule has 1 aliphatic rings. The maximum Gasteiger partial charge on any atom is 0.254 e. The average Bonchev–Trinajstić information content (AvgIpc) is 2.75. The van der Waals surface area contributed by atoms with Gasteiger partial charge < -0.3 is 19.7 Å². The molecule has 0 radical (unpaired) electrons. The molecule has 2 heterocycles. The second kappa shape index (κ2) is 9.62. The van der Waals surface area contributed by atoms with E-state index in [1.807, 2.05) is 43.3 Å². The fourth-order valence-corrected chi connectivity index (χ4v) is 3.64. The lowest BCUT2D eigenvalue weighted by Gasteiger charge is -2.42. The molecule has 154 valence electrons. The first kappa shape index (κ1) is 21.0. The van der Waals surface area contributed by atoms with E-state index in [0.717, 1.165) is 16.7 Å². The van der Waals surface area contributed by atoms with Gasteiger partial charge in [0.25, 0.3) is 5.91 Å². The number of pyridine rings is 1. The smallest absolute Gasteiger partial charge is 0.254 e. The highest BCUT2D eigenvalue weighted by Crippen LogP contribution is 2.30. The van der Waals surface area contributed by atoms with Gasteiger partial charge >= 0.3 is 0 Å². The van der Waals surface area contributed by atoms with Crippen LogP contribution < -0.4 is 5.32 Å². The minimum atomic E-state index is -1.16. The molecule has 0 bridgehead atoms. The van der Waals surface area contributed by atoms with Crippen molar-refractivity contribution in [3.05, 3.63) is 54.4 Å². The predicted molar refractivity (Wildman–Crippen MR) is 109 cm³/mol. The molecule has 1 aromatic carbocycles. The lowest BCUT2D eigenvalue weighted by Crippen LogP contribution is -2.62. The van der Waals surface area contributed by atoms with Crippen molar-refractivity contribution in [2.75, 3.05) is 40.0 Å². The Kier molecular flexibility index (Phi) is 6.95. The predicted octanol–water partition coefficient (Wildman–Crippen LogP) is 1.67. The molecule has 1 atom stereocenters. The molecular formula is C22H27N3O4. The molecule has 2 amide bonds. The van der Waals surface area contributed by atoms with Gasteiger partial charge in [-0.3, -0.25) is 14.6 Å². The van der Waals surface area contributed by atoms with E-state index in [1.54, 1.807) is 17.3 Å². The van der Waals surface area contributed by atoms with Crippen LogP contribution in [0.25, 0.3) is 11.1 Å². The van der Waals surface area contributed by atoms with E-state index in [9.17, 15) is 9.59 Å². The molecule has 0 aliphatic carbocycles. The molecule has 0 spiro atoms. The molecule has 1 N–H and O–H groups in total. The average molecular weight is 397 g/mol. The normalized spacial score (nSPS) is 19.0. The number of morpholine rings is 1. The second-order valence-electron chi connectivity index (χ2n) is 7.03. The minimum absolute atomic E-state index is 0.0161. The first-order chi connectivity index (χ1) is 14.1. The Bertz CT molecular complexity index is 843. The van der Waals surface area contributed by atoms with Gasteiger partial charge in [0.05, 0.1) is 13.2 Å². The van der Waals surface area contributed by atoms with Gasteiger partial charge in [0.2, 0.25) is 5.91 Å². The zero-order valence-corrected chi connectivity index (χ0v) is 16.9. The van der Waals surface area contributed by atoms with Crippen molar-refractivity contribution < 1.29 is 19.1 Å². The number of amides is 2. The Morgan fingerprint density at radius 1 is 1.28 bits per heavy atom. The molecule has 7 nitrogen and oxygen atoms in total. The topological polar surface area (TPSA) is 80.8 Å². The van der Waals surface area contributed by atoms with Crippen molar-refractivity contribution in [1.82, 2.24) is 15.2 Å². The molecule has 29 heavy (non-hydrogen) atoms. The number of hydrogen-bond acceptors (Lipinski definition) is 5. The van der Waals surface area contributed by atoms with Crippen LogP contribution in [0.15, 0.2) is 48.8 Å². The van der Waals surface area contributed by atoms with E-state index in [2.05, 4.69) is 10.3 Å². The zero-order valence-electron chi connectivity index (χ0n) is 16.9. The summed E-state index contributed by atoms with van der Waals surface area (Å²) in [5, 5.41) is 2.88. The van der Waals surface area contributed by atoms with Gasteiger partial charge in [0, 0.05) is 44.6 Å². The third kappa shape index (κ3) is 4.81. The van der Waals surface area contributed by atoms with Crippen molar-refractivity contribution in [1.29, 1.82) is 0 Å². The number of benzene rings is 1. The third-order valence-electron chi connectivity index (χ3n) is 5.02. The molecule has 0 saturated carbocycles. The van der Waals surface area contributed by atoms with Gasteiger partial charge in [-0.25, -0.2) is 0 Å². The Balaban J connectivity index is 1.95. The van der Waals surface area contributed by atoms with Crippen LogP contribution in [0, 0.1) is 0 Å². The number of rotatable bonds is 7. The van der Waals surface area contributed by atoms with Crippen LogP contribution in [0.3, 0.4) is 0 Å². The third-order valence-corrected chi connectivity index (χ3v) is 5.02. The number of nitrogens with zero attached hydrogens (tertiary/aromatic N) is 2. The first-order valence-corrected chi connectivity index (χ1v) is 9.77. The van der Waals surface area contributed by atoms with Crippen molar-refractivity contribution >= 4 is 11.8 Å². The Hall–Kier alpha value is -2.77. The van der Waals surface area contributed by atoms with Gasteiger partial charge in [-0.05, 0) is 24.1 Å². The fraction of sp³-hybridized carbons (Fsp3) is 0.409. The van der Waals surface area contributed by atoms with E-state index < -0.39 is 5.60 Å². The minimum Gasteiger partial charge on any atom is -0.375 e. The van der Waals surface area contributed by atoms with E-state index in [-0.39, 0.29) is 25.0 Å². The van der Waals surface area contributed by atoms with Gasteiger partial charge in [-0.2, -0.15) is 0 Å². The van der Waals surface area contributed by atoms with E-state index in [0.29, 0.717) is 26.1 Å². The highest BCUT2D eigenvalue weighted by Gasteiger charge is 2.45. The van der Waals surface area contributed by atoms with Crippen LogP contribution >= 0.6 is 0 Å². The molecule has 3 rings (SSSR count). The van der Waals surface area contributed by atoms with Gasteiger partial charge in [-0.15, -0.1) is 0 Å². The number of hydrogen-bond donors (Lipinski definition) is 1. The lowest BCUT2D eigenvalue weighted by molar-refractivity contribution is -0.167. The number of aromatic nitrogens is 1. The molecule has 1 saturated heterocycles. The molecule has 2 aromatic rings. The molecule has 1 aliphatic heterocycles. The summed E-state index contributed by atoms with van der Waals surface area (Å²) < 4.78 is 11.1. The van der Waals surface area contributed by atoms with E-state index >= 15 is 0 Å². The summed E-state index contributed by atoms with van der Waals surface area (Å²) >= 11 is 0. The molecule has 1 fully saturated rings. The Morgan fingerprint density at radius 3 is 2.83 bits per heavy atom. The van der Waals surface area contributed by atoms with Gasteiger partial charge in [0.15, 0.2) is 5.60 Å². The SMILES string of the molecule is CCNC(=O)[C@@]1(Cc2ccccc2-c2cccnc2)CN(C(=O)COC)CCO1. The Morgan fingerprint density at radius 2 is 2.10 bits per heavy atom. The van der Waals surface area contributed by atoms with Crippen molar-refractivity contribution in [3.8, 4) is 11.1 Å². The quantitative estimate of drug-likeness (QED) is 0.769. The molecule has 7 heteroatoms. The number of carbonyl (C=O) groups excluding carboxylic acids is 2. The number of likely N-dealkylation sites (N-methyl/N-ethyl adjacent to an activating group) is 1. The summed E-state index contributed by atoms with van der Waals surface area (Å²) in [6.07, 6.45) is 3.88. The van der Waals surface area contributed by atoms with Crippen LogP contribution in [0.4, 0.5) is 0 Å². The monoisotopic (exact) mass is 397 g/mol.